The Kier molecular flexibility index (Phi) is 4.88. The maximum Gasteiger partial charge on any atom is 0.275 e. The first-order valence-electron chi connectivity index (χ1n) is 11.5. The first kappa shape index (κ1) is 21.1. The van der Waals surface area contributed by atoms with Crippen molar-refractivity contribution in [3.05, 3.63) is 101 Å². The van der Waals surface area contributed by atoms with Gasteiger partial charge in [0.1, 0.15) is 11.4 Å². The van der Waals surface area contributed by atoms with Crippen LogP contribution in [-0.4, -0.2) is 41.3 Å². The topological polar surface area (TPSA) is 78.0 Å². The Morgan fingerprint density at radius 3 is 2.69 bits per heavy atom. The lowest BCUT2D eigenvalue weighted by Gasteiger charge is -2.30. The first-order valence-corrected chi connectivity index (χ1v) is 11.5. The van der Waals surface area contributed by atoms with Gasteiger partial charge in [0.2, 0.25) is 0 Å². The number of imidazole rings is 1. The number of amides is 1. The summed E-state index contributed by atoms with van der Waals surface area (Å²) in [6.07, 6.45) is 5.31. The van der Waals surface area contributed by atoms with E-state index < -0.39 is 0 Å². The number of carbonyl (C=O) groups excluding carboxylic acids is 1. The minimum atomic E-state index is -0.181. The van der Waals surface area contributed by atoms with Crippen LogP contribution in [0.5, 0.6) is 0 Å². The van der Waals surface area contributed by atoms with E-state index in [2.05, 4.69) is 34.3 Å². The molecule has 174 valence electrons. The SMILES string of the molecule is Cc1cn(-c2ccc3n(c2=O)CCN(Cc2cccc(-c4cccc5c4cnn5C)c2)C3=O)cn1. The molecule has 0 fully saturated rings. The van der Waals surface area contributed by atoms with Crippen molar-refractivity contribution < 1.29 is 4.79 Å². The fraction of sp³-hybridized carbons (Fsp3) is 0.185. The van der Waals surface area contributed by atoms with Crippen molar-refractivity contribution in [2.75, 3.05) is 6.54 Å². The van der Waals surface area contributed by atoms with Crippen LogP contribution in [-0.2, 0) is 20.1 Å². The minimum Gasteiger partial charge on any atom is -0.331 e. The predicted octanol–water partition coefficient (Wildman–Crippen LogP) is 3.55. The van der Waals surface area contributed by atoms with E-state index in [-0.39, 0.29) is 11.5 Å². The van der Waals surface area contributed by atoms with Crippen molar-refractivity contribution in [1.29, 1.82) is 0 Å². The zero-order chi connectivity index (χ0) is 24.1. The van der Waals surface area contributed by atoms with Crippen molar-refractivity contribution in [2.24, 2.45) is 7.05 Å². The Bertz CT molecular complexity index is 1660. The molecule has 0 spiro atoms. The Hall–Kier alpha value is -4.46. The summed E-state index contributed by atoms with van der Waals surface area (Å²) in [5.74, 6) is -0.138. The van der Waals surface area contributed by atoms with Crippen LogP contribution in [0.3, 0.4) is 0 Å². The molecule has 2 aromatic carbocycles. The number of nitrogens with zero attached hydrogens (tertiary/aromatic N) is 6. The van der Waals surface area contributed by atoms with E-state index in [1.165, 1.54) is 0 Å². The zero-order valence-corrected chi connectivity index (χ0v) is 19.5. The third-order valence-electron chi connectivity index (χ3n) is 6.65. The van der Waals surface area contributed by atoms with E-state index in [1.54, 1.807) is 38.7 Å². The molecule has 0 unspecified atom stereocenters. The van der Waals surface area contributed by atoms with Crippen LogP contribution in [0.25, 0.3) is 27.7 Å². The molecule has 6 rings (SSSR count). The number of fused-ring (bicyclic) bond motifs is 2. The summed E-state index contributed by atoms with van der Waals surface area (Å²) in [6.45, 7) is 3.28. The fourth-order valence-corrected chi connectivity index (χ4v) is 4.85. The van der Waals surface area contributed by atoms with Crippen LogP contribution in [0.4, 0.5) is 0 Å². The minimum absolute atomic E-state index is 0.138. The van der Waals surface area contributed by atoms with E-state index in [1.807, 2.05) is 43.0 Å². The average molecular weight is 465 g/mol. The molecule has 0 radical (unpaired) electrons. The van der Waals surface area contributed by atoms with E-state index in [0.717, 1.165) is 33.3 Å². The standard InChI is InChI=1S/C27H24N6O2/c1-18-15-32(17-28-18)24-9-10-25-26(34)31(11-12-33(25)27(24)35)16-19-5-3-6-20(13-19)21-7-4-8-23-22(21)14-29-30(23)2/h3-10,13-15,17H,11-12,16H2,1-2H3. The summed E-state index contributed by atoms with van der Waals surface area (Å²) in [5, 5.41) is 5.49. The van der Waals surface area contributed by atoms with Gasteiger partial charge >= 0.3 is 0 Å². The Morgan fingerprint density at radius 2 is 1.86 bits per heavy atom. The molecule has 8 heteroatoms. The number of rotatable bonds is 4. The van der Waals surface area contributed by atoms with Gasteiger partial charge in [-0.3, -0.25) is 14.3 Å². The van der Waals surface area contributed by atoms with E-state index in [9.17, 15) is 9.59 Å². The summed E-state index contributed by atoms with van der Waals surface area (Å²) in [4.78, 5) is 32.4. The summed E-state index contributed by atoms with van der Waals surface area (Å²) in [7, 11) is 1.94. The van der Waals surface area contributed by atoms with Crippen molar-refractivity contribution in [3.63, 3.8) is 0 Å². The lowest BCUT2D eigenvalue weighted by Crippen LogP contribution is -2.44. The molecule has 1 aliphatic rings. The molecule has 8 nitrogen and oxygen atoms in total. The summed E-state index contributed by atoms with van der Waals surface area (Å²) in [6, 6.07) is 17.9. The molecule has 1 amide bonds. The van der Waals surface area contributed by atoms with Crippen LogP contribution in [0, 0.1) is 6.92 Å². The number of carbonyl (C=O) groups is 1. The highest BCUT2D eigenvalue weighted by molar-refractivity contribution is 5.95. The monoisotopic (exact) mass is 464 g/mol. The second-order valence-corrected chi connectivity index (χ2v) is 8.92. The summed E-state index contributed by atoms with van der Waals surface area (Å²) in [5.41, 5.74) is 5.87. The average Bonchev–Trinajstić information content (AvgIpc) is 3.47. The number of hydrogen-bond acceptors (Lipinski definition) is 4. The quantitative estimate of drug-likeness (QED) is 0.408. The van der Waals surface area contributed by atoms with Gasteiger partial charge in [-0.2, -0.15) is 5.10 Å². The molecular formula is C27H24N6O2. The van der Waals surface area contributed by atoms with Gasteiger partial charge in [0.25, 0.3) is 11.5 Å². The van der Waals surface area contributed by atoms with Gasteiger partial charge in [0.05, 0.1) is 23.7 Å². The molecule has 4 heterocycles. The van der Waals surface area contributed by atoms with Crippen LogP contribution < -0.4 is 5.56 Å². The van der Waals surface area contributed by atoms with Crippen LogP contribution in [0.1, 0.15) is 21.7 Å². The second-order valence-electron chi connectivity index (χ2n) is 8.92. The van der Waals surface area contributed by atoms with Crippen molar-refractivity contribution >= 4 is 16.8 Å². The molecule has 0 aliphatic carbocycles. The first-order chi connectivity index (χ1) is 17.0. The molecule has 0 bridgehead atoms. The molecule has 3 aromatic heterocycles. The van der Waals surface area contributed by atoms with Crippen molar-refractivity contribution in [3.8, 4) is 16.8 Å². The predicted molar refractivity (Wildman–Crippen MR) is 133 cm³/mol. The van der Waals surface area contributed by atoms with Gasteiger partial charge < -0.3 is 14.0 Å². The number of benzene rings is 2. The number of pyridine rings is 1. The molecular weight excluding hydrogens is 440 g/mol. The largest absolute Gasteiger partial charge is 0.331 e. The van der Waals surface area contributed by atoms with E-state index in [4.69, 9.17) is 0 Å². The Labute approximate surface area is 201 Å². The van der Waals surface area contributed by atoms with Gasteiger partial charge in [0, 0.05) is 38.3 Å². The molecule has 35 heavy (non-hydrogen) atoms. The number of aryl methyl sites for hydroxylation is 2. The highest BCUT2D eigenvalue weighted by Crippen LogP contribution is 2.29. The molecule has 5 aromatic rings. The maximum atomic E-state index is 13.3. The van der Waals surface area contributed by atoms with E-state index >= 15 is 0 Å². The summed E-state index contributed by atoms with van der Waals surface area (Å²) >= 11 is 0. The highest BCUT2D eigenvalue weighted by atomic mass is 16.2. The number of hydrogen-bond donors (Lipinski definition) is 0. The van der Waals surface area contributed by atoms with Crippen LogP contribution in [0.15, 0.2) is 78.1 Å². The van der Waals surface area contributed by atoms with Crippen molar-refractivity contribution in [2.45, 2.75) is 20.0 Å². The van der Waals surface area contributed by atoms with Crippen LogP contribution in [0.2, 0.25) is 0 Å². The van der Waals surface area contributed by atoms with E-state index in [0.29, 0.717) is 31.0 Å². The third-order valence-corrected chi connectivity index (χ3v) is 6.65. The Balaban J connectivity index is 1.29. The summed E-state index contributed by atoms with van der Waals surface area (Å²) < 4.78 is 5.15. The molecule has 0 saturated carbocycles. The lowest BCUT2D eigenvalue weighted by atomic mass is 9.99. The maximum absolute atomic E-state index is 13.3. The molecule has 1 aliphatic heterocycles. The molecule has 0 atom stereocenters. The lowest BCUT2D eigenvalue weighted by molar-refractivity contribution is 0.0686. The molecule has 0 N–H and O–H groups in total. The van der Waals surface area contributed by atoms with Crippen molar-refractivity contribution in [1.82, 2.24) is 28.8 Å². The Morgan fingerprint density at radius 1 is 1.00 bits per heavy atom. The fourth-order valence-electron chi connectivity index (χ4n) is 4.85. The van der Waals surface area contributed by atoms with Gasteiger partial charge in [-0.25, -0.2) is 4.98 Å². The smallest absolute Gasteiger partial charge is 0.275 e. The highest BCUT2D eigenvalue weighted by Gasteiger charge is 2.26. The van der Waals surface area contributed by atoms with Gasteiger partial charge in [0.15, 0.2) is 0 Å². The van der Waals surface area contributed by atoms with Gasteiger partial charge in [-0.15, -0.1) is 0 Å². The second kappa shape index (κ2) is 8.09. The number of aromatic nitrogens is 5. The van der Waals surface area contributed by atoms with Gasteiger partial charge in [-0.05, 0) is 47.9 Å². The van der Waals surface area contributed by atoms with Crippen LogP contribution >= 0.6 is 0 Å². The zero-order valence-electron chi connectivity index (χ0n) is 19.5. The van der Waals surface area contributed by atoms with Gasteiger partial charge in [-0.1, -0.05) is 30.3 Å². The third kappa shape index (κ3) is 3.54. The normalized spacial score (nSPS) is 13.4. The molecule has 0 saturated heterocycles.